The second-order valence-corrected chi connectivity index (χ2v) is 7.87. The molecule has 0 bridgehead atoms. The number of aromatic nitrogens is 3. The SMILES string of the molecule is O=S(=O)(Cc1ccc(Cl)cc1)NCc1cn(-c2ccsc2)nn1. The first kappa shape index (κ1) is 16.1. The van der Waals surface area contributed by atoms with Crippen LogP contribution in [0.25, 0.3) is 5.69 Å². The van der Waals surface area contributed by atoms with Crippen molar-refractivity contribution in [3.63, 3.8) is 0 Å². The molecule has 2 aromatic heterocycles. The van der Waals surface area contributed by atoms with Gasteiger partial charge in [0.05, 0.1) is 29.9 Å². The van der Waals surface area contributed by atoms with E-state index in [0.717, 1.165) is 5.69 Å². The number of thiophene rings is 1. The fourth-order valence-corrected chi connectivity index (χ4v) is 3.78. The number of sulfonamides is 1. The topological polar surface area (TPSA) is 76.9 Å². The molecule has 0 aliphatic heterocycles. The van der Waals surface area contributed by atoms with Crippen molar-refractivity contribution in [1.29, 1.82) is 0 Å². The van der Waals surface area contributed by atoms with Gasteiger partial charge in [0.25, 0.3) is 0 Å². The van der Waals surface area contributed by atoms with Gasteiger partial charge in [0.1, 0.15) is 0 Å². The third-order valence-electron chi connectivity index (χ3n) is 3.05. The highest BCUT2D eigenvalue weighted by atomic mass is 35.5. The maximum atomic E-state index is 12.1. The summed E-state index contributed by atoms with van der Waals surface area (Å²) in [6, 6.07) is 8.62. The Morgan fingerprint density at radius 1 is 1.22 bits per heavy atom. The van der Waals surface area contributed by atoms with E-state index in [0.29, 0.717) is 16.3 Å². The quantitative estimate of drug-likeness (QED) is 0.725. The minimum atomic E-state index is -3.46. The van der Waals surface area contributed by atoms with Crippen LogP contribution < -0.4 is 4.72 Å². The minimum Gasteiger partial charge on any atom is -0.220 e. The molecule has 120 valence electrons. The van der Waals surface area contributed by atoms with Crippen molar-refractivity contribution in [2.75, 3.05) is 0 Å². The lowest BCUT2D eigenvalue weighted by molar-refractivity contribution is 0.579. The third kappa shape index (κ3) is 4.38. The zero-order chi connectivity index (χ0) is 16.3. The van der Waals surface area contributed by atoms with Gasteiger partial charge in [-0.2, -0.15) is 11.3 Å². The lowest BCUT2D eigenvalue weighted by Gasteiger charge is -2.05. The molecule has 0 aliphatic rings. The molecular weight excluding hydrogens is 356 g/mol. The molecule has 0 aliphatic carbocycles. The predicted octanol–water partition coefficient (Wildman–Crippen LogP) is 2.60. The Labute approximate surface area is 142 Å². The van der Waals surface area contributed by atoms with Crippen LogP contribution in [-0.4, -0.2) is 23.4 Å². The van der Waals surface area contributed by atoms with Crippen molar-refractivity contribution in [2.24, 2.45) is 0 Å². The van der Waals surface area contributed by atoms with Crippen LogP contribution in [0.3, 0.4) is 0 Å². The molecule has 0 unspecified atom stereocenters. The van der Waals surface area contributed by atoms with Gasteiger partial charge in [0, 0.05) is 10.4 Å². The number of nitrogens with zero attached hydrogens (tertiary/aromatic N) is 3. The molecular formula is C14H13ClN4O2S2. The zero-order valence-corrected chi connectivity index (χ0v) is 14.3. The van der Waals surface area contributed by atoms with Crippen LogP contribution in [0.5, 0.6) is 0 Å². The van der Waals surface area contributed by atoms with Gasteiger partial charge in [-0.1, -0.05) is 28.9 Å². The lowest BCUT2D eigenvalue weighted by atomic mass is 10.2. The summed E-state index contributed by atoms with van der Waals surface area (Å²) in [5.74, 6) is -0.108. The first-order valence-electron chi connectivity index (χ1n) is 6.67. The van der Waals surface area contributed by atoms with Crippen LogP contribution >= 0.6 is 22.9 Å². The molecule has 0 atom stereocenters. The normalized spacial score (nSPS) is 11.7. The van der Waals surface area contributed by atoms with Gasteiger partial charge in [-0.25, -0.2) is 17.8 Å². The molecule has 0 saturated heterocycles. The van der Waals surface area contributed by atoms with E-state index in [9.17, 15) is 8.42 Å². The van der Waals surface area contributed by atoms with Crippen molar-refractivity contribution >= 4 is 33.0 Å². The number of nitrogens with one attached hydrogen (secondary N) is 1. The molecule has 9 heteroatoms. The Bertz CT molecular complexity index is 874. The summed E-state index contributed by atoms with van der Waals surface area (Å²) in [6.45, 7) is 0.0973. The Kier molecular flexibility index (Phi) is 4.76. The zero-order valence-electron chi connectivity index (χ0n) is 11.9. The molecule has 0 radical (unpaired) electrons. The van der Waals surface area contributed by atoms with Crippen LogP contribution in [0.4, 0.5) is 0 Å². The van der Waals surface area contributed by atoms with Crippen molar-refractivity contribution in [3.8, 4) is 5.69 Å². The molecule has 0 amide bonds. The minimum absolute atomic E-state index is 0.0973. The van der Waals surface area contributed by atoms with E-state index in [1.54, 1.807) is 46.5 Å². The van der Waals surface area contributed by atoms with E-state index in [2.05, 4.69) is 15.0 Å². The highest BCUT2D eigenvalue weighted by Gasteiger charge is 2.13. The van der Waals surface area contributed by atoms with Gasteiger partial charge in [-0.3, -0.25) is 0 Å². The van der Waals surface area contributed by atoms with Gasteiger partial charge in [0.15, 0.2) is 0 Å². The van der Waals surface area contributed by atoms with E-state index in [1.165, 1.54) is 0 Å². The van der Waals surface area contributed by atoms with Crippen LogP contribution in [0, 0.1) is 0 Å². The van der Waals surface area contributed by atoms with Gasteiger partial charge >= 0.3 is 0 Å². The summed E-state index contributed by atoms with van der Waals surface area (Å²) < 4.78 is 28.3. The van der Waals surface area contributed by atoms with E-state index in [1.807, 2.05) is 16.8 Å². The second kappa shape index (κ2) is 6.79. The van der Waals surface area contributed by atoms with Crippen LogP contribution in [0.15, 0.2) is 47.3 Å². The highest BCUT2D eigenvalue weighted by Crippen LogP contribution is 2.13. The Morgan fingerprint density at radius 3 is 2.70 bits per heavy atom. The summed E-state index contributed by atoms with van der Waals surface area (Å²) in [4.78, 5) is 0. The molecule has 3 rings (SSSR count). The maximum absolute atomic E-state index is 12.1. The highest BCUT2D eigenvalue weighted by molar-refractivity contribution is 7.88. The number of hydrogen-bond donors (Lipinski definition) is 1. The molecule has 23 heavy (non-hydrogen) atoms. The molecule has 0 fully saturated rings. The fourth-order valence-electron chi connectivity index (χ4n) is 1.93. The monoisotopic (exact) mass is 368 g/mol. The molecule has 6 nitrogen and oxygen atoms in total. The average molecular weight is 369 g/mol. The average Bonchev–Trinajstić information content (AvgIpc) is 3.18. The molecule has 0 saturated carbocycles. The molecule has 0 spiro atoms. The van der Waals surface area contributed by atoms with E-state index in [-0.39, 0.29) is 12.3 Å². The van der Waals surface area contributed by atoms with E-state index >= 15 is 0 Å². The number of halogens is 1. The van der Waals surface area contributed by atoms with Crippen LogP contribution in [0.1, 0.15) is 11.3 Å². The van der Waals surface area contributed by atoms with E-state index in [4.69, 9.17) is 11.6 Å². The molecule has 1 aromatic carbocycles. The standard InChI is InChI=1S/C14H13ClN4O2S2/c15-12-3-1-11(2-4-12)10-23(20,21)16-7-13-8-19(18-17-13)14-5-6-22-9-14/h1-6,8-9,16H,7,10H2. The second-order valence-electron chi connectivity index (χ2n) is 4.84. The van der Waals surface area contributed by atoms with Gasteiger partial charge < -0.3 is 0 Å². The predicted molar refractivity (Wildman–Crippen MR) is 90.2 cm³/mol. The van der Waals surface area contributed by atoms with E-state index < -0.39 is 10.0 Å². The molecule has 3 aromatic rings. The number of benzene rings is 1. The summed E-state index contributed by atoms with van der Waals surface area (Å²) >= 11 is 7.34. The molecule has 1 N–H and O–H groups in total. The first-order chi connectivity index (χ1) is 11.0. The Morgan fingerprint density at radius 2 is 2.00 bits per heavy atom. The maximum Gasteiger partial charge on any atom is 0.216 e. The lowest BCUT2D eigenvalue weighted by Crippen LogP contribution is -2.24. The summed E-state index contributed by atoms with van der Waals surface area (Å²) in [6.07, 6.45) is 1.70. The third-order valence-corrected chi connectivity index (χ3v) is 5.27. The van der Waals surface area contributed by atoms with Crippen molar-refractivity contribution in [2.45, 2.75) is 12.3 Å². The van der Waals surface area contributed by atoms with Crippen LogP contribution in [0.2, 0.25) is 5.02 Å². The van der Waals surface area contributed by atoms with Gasteiger partial charge in [-0.15, -0.1) is 5.10 Å². The van der Waals surface area contributed by atoms with Crippen molar-refractivity contribution < 1.29 is 8.42 Å². The van der Waals surface area contributed by atoms with Crippen LogP contribution in [-0.2, 0) is 22.3 Å². The smallest absolute Gasteiger partial charge is 0.216 e. The Hall–Kier alpha value is -1.74. The largest absolute Gasteiger partial charge is 0.220 e. The fraction of sp³-hybridized carbons (Fsp3) is 0.143. The van der Waals surface area contributed by atoms with Gasteiger partial charge in [0.2, 0.25) is 10.0 Å². The Balaban J connectivity index is 1.62. The number of rotatable bonds is 6. The number of hydrogen-bond acceptors (Lipinski definition) is 5. The van der Waals surface area contributed by atoms with Crippen molar-refractivity contribution in [3.05, 3.63) is 63.6 Å². The summed E-state index contributed by atoms with van der Waals surface area (Å²) in [5.41, 5.74) is 2.12. The first-order valence-corrected chi connectivity index (χ1v) is 9.65. The van der Waals surface area contributed by atoms with Gasteiger partial charge in [-0.05, 0) is 29.1 Å². The van der Waals surface area contributed by atoms with Crippen molar-refractivity contribution in [1.82, 2.24) is 19.7 Å². The summed E-state index contributed by atoms with van der Waals surface area (Å²) in [7, 11) is -3.46. The summed E-state index contributed by atoms with van der Waals surface area (Å²) in [5, 5.41) is 12.4. The molecule has 2 heterocycles.